The van der Waals surface area contributed by atoms with Gasteiger partial charge >= 0.3 is 0 Å². The molecular formula is C28H41N3O5. The van der Waals surface area contributed by atoms with Crippen molar-refractivity contribution in [1.82, 2.24) is 15.5 Å². The lowest BCUT2D eigenvalue weighted by atomic mass is 9.65. The summed E-state index contributed by atoms with van der Waals surface area (Å²) in [5, 5.41) is 16.3. The third kappa shape index (κ3) is 4.32. The molecule has 198 valence electrons. The number of rotatable bonds is 10. The monoisotopic (exact) mass is 499 g/mol. The molecule has 2 bridgehead atoms. The lowest BCUT2D eigenvalue weighted by molar-refractivity contribution is -0.151. The number of likely N-dealkylation sites (tertiary alicyclic amines) is 1. The molecule has 3 aliphatic rings. The van der Waals surface area contributed by atoms with Crippen molar-refractivity contribution in [2.75, 3.05) is 6.61 Å². The lowest BCUT2D eigenvalue weighted by Crippen LogP contribution is -2.59. The highest BCUT2D eigenvalue weighted by atomic mass is 16.5. The van der Waals surface area contributed by atoms with E-state index < -0.39 is 35.1 Å². The summed E-state index contributed by atoms with van der Waals surface area (Å²) in [6, 6.07) is 8.14. The number of ether oxygens (including phenoxy) is 1. The van der Waals surface area contributed by atoms with Crippen LogP contribution in [0, 0.1) is 17.8 Å². The van der Waals surface area contributed by atoms with E-state index in [1.165, 1.54) is 0 Å². The predicted octanol–water partition coefficient (Wildman–Crippen LogP) is 2.39. The summed E-state index contributed by atoms with van der Waals surface area (Å²) in [5.41, 5.74) is -0.886. The highest BCUT2D eigenvalue weighted by molar-refractivity contribution is 5.99. The van der Waals surface area contributed by atoms with Crippen LogP contribution in [0.3, 0.4) is 0 Å². The lowest BCUT2D eigenvalue weighted by Gasteiger charge is -2.38. The van der Waals surface area contributed by atoms with Crippen LogP contribution in [0.1, 0.15) is 65.9 Å². The number of carbonyl (C=O) groups excluding carboxylic acids is 3. The Kier molecular flexibility index (Phi) is 7.49. The second kappa shape index (κ2) is 10.1. The highest BCUT2D eigenvalue weighted by Crippen LogP contribution is 2.64. The van der Waals surface area contributed by atoms with Gasteiger partial charge in [0, 0.05) is 12.6 Å². The average Bonchev–Trinajstić information content (AvgIpc) is 3.44. The quantitative estimate of drug-likeness (QED) is 0.458. The van der Waals surface area contributed by atoms with Gasteiger partial charge in [0.2, 0.25) is 17.7 Å². The Balaban J connectivity index is 1.72. The highest BCUT2D eigenvalue weighted by Gasteiger charge is 2.79. The Labute approximate surface area is 214 Å². The number of nitrogens with one attached hydrogen (secondary N) is 2. The van der Waals surface area contributed by atoms with Crippen LogP contribution in [0.15, 0.2) is 30.3 Å². The second-order valence-electron chi connectivity index (χ2n) is 11.4. The number of aliphatic hydroxyl groups is 1. The molecule has 1 aromatic rings. The molecule has 3 amide bonds. The number of hydrogen-bond acceptors (Lipinski definition) is 5. The van der Waals surface area contributed by atoms with Crippen LogP contribution in [0.25, 0.3) is 0 Å². The first-order valence-electron chi connectivity index (χ1n) is 13.4. The minimum absolute atomic E-state index is 0.119. The van der Waals surface area contributed by atoms with Crippen molar-refractivity contribution >= 4 is 17.7 Å². The fourth-order valence-corrected chi connectivity index (χ4v) is 6.83. The van der Waals surface area contributed by atoms with Crippen molar-refractivity contribution in [1.29, 1.82) is 0 Å². The molecule has 3 N–H and O–H groups in total. The molecule has 8 nitrogen and oxygen atoms in total. The largest absolute Gasteiger partial charge is 0.394 e. The number of aliphatic hydroxyl groups excluding tert-OH is 1. The fourth-order valence-electron chi connectivity index (χ4n) is 6.83. The molecule has 6 atom stereocenters. The molecule has 2 unspecified atom stereocenters. The smallest absolute Gasteiger partial charge is 0.246 e. The number of nitrogens with zero attached hydrogens (tertiary/aromatic N) is 1. The first kappa shape index (κ1) is 26.6. The van der Waals surface area contributed by atoms with Gasteiger partial charge in [-0.2, -0.15) is 0 Å². The maximum atomic E-state index is 14.2. The number of carbonyl (C=O) groups is 3. The standard InChI is InChI=1S/C28H41N3O5/c1-6-27-12-13-28(36-27)22(21(27)24(33)29-15-19-10-8-7-9-11-19)26(35)31(20(16-32)14-17(2)3)23(28)25(34)30-18(4)5/h7-11,17-18,20-23,32H,6,12-16H2,1-5H3,(H,29,33)(H,30,34)/t20-,21+,22+,23?,27-,28?/m1/s1. The SMILES string of the molecule is CC[C@]12CCC3(O1)C(C(=O)NC(C)C)N([C@@H](CO)CC(C)C)C(=O)[C@@H]3[C@H]2C(=O)NCc1ccccc1. The van der Waals surface area contributed by atoms with Gasteiger partial charge in [-0.05, 0) is 51.0 Å². The van der Waals surface area contributed by atoms with Crippen LogP contribution in [0.2, 0.25) is 0 Å². The normalized spacial score (nSPS) is 31.7. The Morgan fingerprint density at radius 3 is 2.42 bits per heavy atom. The van der Waals surface area contributed by atoms with E-state index in [2.05, 4.69) is 10.6 Å². The molecule has 3 aliphatic heterocycles. The molecular weight excluding hydrogens is 458 g/mol. The molecule has 0 saturated carbocycles. The van der Waals surface area contributed by atoms with Gasteiger partial charge in [0.1, 0.15) is 11.6 Å². The minimum atomic E-state index is -1.08. The minimum Gasteiger partial charge on any atom is -0.394 e. The Bertz CT molecular complexity index is 983. The Morgan fingerprint density at radius 2 is 1.83 bits per heavy atom. The van der Waals surface area contributed by atoms with Crippen molar-refractivity contribution in [3.63, 3.8) is 0 Å². The van der Waals surface area contributed by atoms with E-state index in [-0.39, 0.29) is 36.3 Å². The summed E-state index contributed by atoms with van der Waals surface area (Å²) in [5.74, 6) is -1.98. The number of benzene rings is 1. The number of amides is 3. The first-order valence-corrected chi connectivity index (χ1v) is 13.4. The zero-order valence-electron chi connectivity index (χ0n) is 22.1. The second-order valence-corrected chi connectivity index (χ2v) is 11.4. The van der Waals surface area contributed by atoms with Crippen molar-refractivity contribution in [2.24, 2.45) is 17.8 Å². The third-order valence-electron chi connectivity index (χ3n) is 8.24. The van der Waals surface area contributed by atoms with Crippen molar-refractivity contribution in [3.8, 4) is 0 Å². The van der Waals surface area contributed by atoms with Crippen LogP contribution in [0.5, 0.6) is 0 Å². The van der Waals surface area contributed by atoms with Gasteiger partial charge in [-0.3, -0.25) is 14.4 Å². The topological polar surface area (TPSA) is 108 Å². The van der Waals surface area contributed by atoms with Gasteiger partial charge in [0.15, 0.2) is 0 Å². The molecule has 0 aromatic heterocycles. The van der Waals surface area contributed by atoms with E-state index in [1.807, 2.05) is 65.0 Å². The molecule has 36 heavy (non-hydrogen) atoms. The molecule has 3 saturated heterocycles. The van der Waals surface area contributed by atoms with Crippen LogP contribution in [-0.4, -0.2) is 63.7 Å². The zero-order chi connectivity index (χ0) is 26.3. The number of fused-ring (bicyclic) bond motifs is 1. The van der Waals surface area contributed by atoms with Gasteiger partial charge in [-0.1, -0.05) is 51.1 Å². The van der Waals surface area contributed by atoms with E-state index in [4.69, 9.17) is 4.74 Å². The maximum absolute atomic E-state index is 14.2. The summed E-state index contributed by atoms with van der Waals surface area (Å²) in [6.07, 6.45) is 2.28. The summed E-state index contributed by atoms with van der Waals surface area (Å²) in [7, 11) is 0. The maximum Gasteiger partial charge on any atom is 0.246 e. The molecule has 3 heterocycles. The van der Waals surface area contributed by atoms with Crippen LogP contribution < -0.4 is 10.6 Å². The molecule has 1 spiro atoms. The molecule has 3 fully saturated rings. The zero-order valence-corrected chi connectivity index (χ0v) is 22.1. The summed E-state index contributed by atoms with van der Waals surface area (Å²) < 4.78 is 6.76. The van der Waals surface area contributed by atoms with Crippen molar-refractivity contribution < 1.29 is 24.2 Å². The van der Waals surface area contributed by atoms with Gasteiger partial charge in [0.25, 0.3) is 0 Å². The third-order valence-corrected chi connectivity index (χ3v) is 8.24. The van der Waals surface area contributed by atoms with Crippen LogP contribution in [-0.2, 0) is 25.7 Å². The molecule has 0 aliphatic carbocycles. The Morgan fingerprint density at radius 1 is 1.14 bits per heavy atom. The van der Waals surface area contributed by atoms with Crippen LogP contribution >= 0.6 is 0 Å². The number of hydrogen-bond donors (Lipinski definition) is 3. The van der Waals surface area contributed by atoms with E-state index in [9.17, 15) is 19.5 Å². The molecule has 4 rings (SSSR count). The fraction of sp³-hybridized carbons (Fsp3) is 0.679. The molecule has 8 heteroatoms. The predicted molar refractivity (Wildman–Crippen MR) is 136 cm³/mol. The van der Waals surface area contributed by atoms with Crippen molar-refractivity contribution in [2.45, 2.75) is 96.2 Å². The van der Waals surface area contributed by atoms with E-state index in [0.29, 0.717) is 32.2 Å². The van der Waals surface area contributed by atoms with E-state index in [0.717, 1.165) is 5.56 Å². The van der Waals surface area contributed by atoms with Crippen molar-refractivity contribution in [3.05, 3.63) is 35.9 Å². The first-order chi connectivity index (χ1) is 17.1. The van der Waals surface area contributed by atoms with Crippen LogP contribution in [0.4, 0.5) is 0 Å². The summed E-state index contributed by atoms with van der Waals surface area (Å²) in [4.78, 5) is 43.1. The van der Waals surface area contributed by atoms with E-state index in [1.54, 1.807) is 4.90 Å². The summed E-state index contributed by atoms with van der Waals surface area (Å²) in [6.45, 7) is 9.91. The molecule has 0 radical (unpaired) electrons. The van der Waals surface area contributed by atoms with Gasteiger partial charge in [-0.25, -0.2) is 0 Å². The Hall–Kier alpha value is -2.45. The van der Waals surface area contributed by atoms with E-state index >= 15 is 0 Å². The summed E-state index contributed by atoms with van der Waals surface area (Å²) >= 11 is 0. The van der Waals surface area contributed by atoms with Gasteiger partial charge in [-0.15, -0.1) is 0 Å². The van der Waals surface area contributed by atoms with Gasteiger partial charge in [0.05, 0.1) is 30.1 Å². The molecule has 1 aromatic carbocycles. The van der Waals surface area contributed by atoms with Gasteiger partial charge < -0.3 is 25.4 Å². The average molecular weight is 500 g/mol.